The Bertz CT molecular complexity index is 597. The van der Waals surface area contributed by atoms with E-state index in [-0.39, 0.29) is 11.6 Å². The van der Waals surface area contributed by atoms with Gasteiger partial charge in [-0.3, -0.25) is 10.1 Å². The molecule has 0 radical (unpaired) electrons. The van der Waals surface area contributed by atoms with Crippen LogP contribution in [0.4, 0.5) is 11.4 Å². The summed E-state index contributed by atoms with van der Waals surface area (Å²) in [7, 11) is 1.81. The molecule has 0 fully saturated rings. The van der Waals surface area contributed by atoms with Crippen LogP contribution in [0.5, 0.6) is 11.6 Å². The fourth-order valence-electron chi connectivity index (χ4n) is 1.55. The number of aryl methyl sites for hydroxylation is 1. The van der Waals surface area contributed by atoms with Gasteiger partial charge in [0, 0.05) is 25.0 Å². The van der Waals surface area contributed by atoms with Crippen LogP contribution in [0.2, 0.25) is 0 Å². The van der Waals surface area contributed by atoms with Crippen LogP contribution in [0.1, 0.15) is 5.56 Å². The van der Waals surface area contributed by atoms with Crippen LogP contribution in [0.15, 0.2) is 36.5 Å². The van der Waals surface area contributed by atoms with Gasteiger partial charge < -0.3 is 10.1 Å². The molecule has 0 atom stereocenters. The normalized spacial score (nSPS) is 10.0. The molecule has 1 N–H and O–H groups in total. The van der Waals surface area contributed by atoms with Gasteiger partial charge in [-0.15, -0.1) is 0 Å². The number of rotatable bonds is 4. The van der Waals surface area contributed by atoms with E-state index in [4.69, 9.17) is 4.74 Å². The average molecular weight is 259 g/mol. The molecule has 0 amide bonds. The van der Waals surface area contributed by atoms with Gasteiger partial charge in [-0.25, -0.2) is 4.98 Å². The van der Waals surface area contributed by atoms with Crippen molar-refractivity contribution < 1.29 is 9.66 Å². The number of nitro groups is 1. The quantitative estimate of drug-likeness (QED) is 0.674. The van der Waals surface area contributed by atoms with Gasteiger partial charge in [0.1, 0.15) is 5.75 Å². The van der Waals surface area contributed by atoms with Crippen molar-refractivity contribution in [1.29, 1.82) is 0 Å². The molecule has 0 bridgehead atoms. The van der Waals surface area contributed by atoms with E-state index in [9.17, 15) is 10.1 Å². The third-order valence-corrected chi connectivity index (χ3v) is 2.52. The molecule has 0 aliphatic carbocycles. The summed E-state index contributed by atoms with van der Waals surface area (Å²) in [5.41, 5.74) is 1.50. The first kappa shape index (κ1) is 12.8. The molecule has 0 spiro atoms. The highest BCUT2D eigenvalue weighted by molar-refractivity contribution is 5.48. The molecular formula is C13H13N3O3. The molecule has 1 heterocycles. The smallest absolute Gasteiger partial charge is 0.331 e. The maximum absolute atomic E-state index is 10.9. The van der Waals surface area contributed by atoms with Crippen LogP contribution < -0.4 is 10.1 Å². The number of anilines is 1. The first-order valence-corrected chi connectivity index (χ1v) is 5.67. The number of ether oxygens (including phenoxy) is 1. The number of pyridine rings is 1. The number of benzene rings is 1. The molecular weight excluding hydrogens is 246 g/mol. The molecule has 6 heteroatoms. The fraction of sp³-hybridized carbons (Fsp3) is 0.154. The lowest BCUT2D eigenvalue weighted by molar-refractivity contribution is -0.386. The van der Waals surface area contributed by atoms with E-state index in [1.165, 1.54) is 12.3 Å². The van der Waals surface area contributed by atoms with Crippen molar-refractivity contribution >= 4 is 11.4 Å². The Morgan fingerprint density at radius 3 is 2.58 bits per heavy atom. The Morgan fingerprint density at radius 2 is 2.00 bits per heavy atom. The molecule has 0 saturated heterocycles. The van der Waals surface area contributed by atoms with E-state index >= 15 is 0 Å². The molecule has 2 rings (SSSR count). The summed E-state index contributed by atoms with van der Waals surface area (Å²) in [4.78, 5) is 14.4. The van der Waals surface area contributed by atoms with Gasteiger partial charge in [0.2, 0.25) is 0 Å². The monoisotopic (exact) mass is 259 g/mol. The second-order valence-corrected chi connectivity index (χ2v) is 3.97. The van der Waals surface area contributed by atoms with Crippen molar-refractivity contribution in [3.8, 4) is 11.6 Å². The molecule has 0 aliphatic rings. The fourth-order valence-corrected chi connectivity index (χ4v) is 1.55. The first-order valence-electron chi connectivity index (χ1n) is 5.67. The highest BCUT2D eigenvalue weighted by Crippen LogP contribution is 2.29. The van der Waals surface area contributed by atoms with Gasteiger partial charge in [-0.2, -0.15) is 0 Å². The lowest BCUT2D eigenvalue weighted by Gasteiger charge is -2.06. The summed E-state index contributed by atoms with van der Waals surface area (Å²) < 4.78 is 5.44. The Kier molecular flexibility index (Phi) is 3.61. The average Bonchev–Trinajstić information content (AvgIpc) is 2.41. The summed E-state index contributed by atoms with van der Waals surface area (Å²) in [6.45, 7) is 1.74. The maximum Gasteiger partial charge on any atom is 0.331 e. The van der Waals surface area contributed by atoms with Gasteiger partial charge >= 0.3 is 5.69 Å². The zero-order valence-electron chi connectivity index (χ0n) is 10.6. The minimum atomic E-state index is -0.503. The second kappa shape index (κ2) is 5.34. The van der Waals surface area contributed by atoms with Gasteiger partial charge in [-0.1, -0.05) is 0 Å². The van der Waals surface area contributed by atoms with E-state index in [1.807, 2.05) is 19.2 Å². The number of hydrogen-bond acceptors (Lipinski definition) is 5. The summed E-state index contributed by atoms with van der Waals surface area (Å²) in [6.07, 6.45) is 1.53. The molecule has 1 aromatic carbocycles. The van der Waals surface area contributed by atoms with Crippen molar-refractivity contribution in [3.63, 3.8) is 0 Å². The molecule has 19 heavy (non-hydrogen) atoms. The predicted molar refractivity (Wildman–Crippen MR) is 71.7 cm³/mol. The Labute approximate surface area is 110 Å². The van der Waals surface area contributed by atoms with Gasteiger partial charge in [0.05, 0.1) is 4.92 Å². The van der Waals surface area contributed by atoms with Crippen molar-refractivity contribution in [2.24, 2.45) is 0 Å². The molecule has 0 unspecified atom stereocenters. The zero-order valence-corrected chi connectivity index (χ0v) is 10.6. The molecule has 6 nitrogen and oxygen atoms in total. The molecule has 1 aromatic heterocycles. The topological polar surface area (TPSA) is 77.3 Å². The van der Waals surface area contributed by atoms with Crippen molar-refractivity contribution in [1.82, 2.24) is 4.98 Å². The SMILES string of the molecule is CNc1ccc(Oc2ncc(C)cc2[N+](=O)[O-])cc1. The highest BCUT2D eigenvalue weighted by Gasteiger charge is 2.17. The third-order valence-electron chi connectivity index (χ3n) is 2.52. The number of hydrogen-bond donors (Lipinski definition) is 1. The van der Waals surface area contributed by atoms with E-state index in [0.717, 1.165) is 5.69 Å². The zero-order chi connectivity index (χ0) is 13.8. The summed E-state index contributed by atoms with van der Waals surface area (Å²) in [5, 5.41) is 13.9. The number of nitrogens with one attached hydrogen (secondary N) is 1. The lowest BCUT2D eigenvalue weighted by Crippen LogP contribution is -1.97. The van der Waals surface area contributed by atoms with E-state index in [0.29, 0.717) is 11.3 Å². The van der Waals surface area contributed by atoms with Crippen LogP contribution in [0.25, 0.3) is 0 Å². The maximum atomic E-state index is 10.9. The molecule has 0 saturated carbocycles. The second-order valence-electron chi connectivity index (χ2n) is 3.97. The summed E-state index contributed by atoms with van der Waals surface area (Å²) in [5.74, 6) is 0.492. The molecule has 98 valence electrons. The Morgan fingerprint density at radius 1 is 1.32 bits per heavy atom. The van der Waals surface area contributed by atoms with Crippen molar-refractivity contribution in [2.45, 2.75) is 6.92 Å². The number of nitrogens with zero attached hydrogens (tertiary/aromatic N) is 2. The van der Waals surface area contributed by atoms with E-state index < -0.39 is 4.92 Å². The van der Waals surface area contributed by atoms with Crippen LogP contribution >= 0.6 is 0 Å². The lowest BCUT2D eigenvalue weighted by atomic mass is 10.3. The van der Waals surface area contributed by atoms with Crippen LogP contribution in [-0.2, 0) is 0 Å². The standard InChI is InChI=1S/C13H13N3O3/c1-9-7-12(16(17)18)13(15-8-9)19-11-5-3-10(14-2)4-6-11/h3-8,14H,1-2H3. The minimum Gasteiger partial charge on any atom is -0.434 e. The number of aromatic nitrogens is 1. The first-order chi connectivity index (χ1) is 9.10. The Balaban J connectivity index is 2.29. The molecule has 2 aromatic rings. The van der Waals surface area contributed by atoms with Crippen LogP contribution in [0.3, 0.4) is 0 Å². The largest absolute Gasteiger partial charge is 0.434 e. The highest BCUT2D eigenvalue weighted by atomic mass is 16.6. The summed E-state index contributed by atoms with van der Waals surface area (Å²) >= 11 is 0. The summed E-state index contributed by atoms with van der Waals surface area (Å²) in [6, 6.07) is 8.50. The van der Waals surface area contributed by atoms with E-state index in [1.54, 1.807) is 19.1 Å². The Hall–Kier alpha value is -2.63. The third kappa shape index (κ3) is 2.98. The van der Waals surface area contributed by atoms with Gasteiger partial charge in [-0.05, 0) is 36.8 Å². The van der Waals surface area contributed by atoms with Crippen molar-refractivity contribution in [2.75, 3.05) is 12.4 Å². The van der Waals surface area contributed by atoms with E-state index in [2.05, 4.69) is 10.3 Å². The van der Waals surface area contributed by atoms with Gasteiger partial charge in [0.15, 0.2) is 0 Å². The predicted octanol–water partition coefficient (Wildman–Crippen LogP) is 3.13. The molecule has 0 aliphatic heterocycles. The van der Waals surface area contributed by atoms with Crippen LogP contribution in [-0.4, -0.2) is 17.0 Å². The van der Waals surface area contributed by atoms with Gasteiger partial charge in [0.25, 0.3) is 5.88 Å². The van der Waals surface area contributed by atoms with Crippen LogP contribution in [0, 0.1) is 17.0 Å². The van der Waals surface area contributed by atoms with Crippen molar-refractivity contribution in [3.05, 3.63) is 52.2 Å². The minimum absolute atomic E-state index is 0.00666.